The van der Waals surface area contributed by atoms with Crippen molar-refractivity contribution in [2.75, 3.05) is 13.7 Å². The number of hydrogen-bond acceptors (Lipinski definition) is 3. The summed E-state index contributed by atoms with van der Waals surface area (Å²) in [5, 5.41) is 3.68. The minimum Gasteiger partial charge on any atom is -0.493 e. The molecule has 1 rings (SSSR count). The molecule has 3 heteroatoms. The van der Waals surface area contributed by atoms with Crippen molar-refractivity contribution in [3.8, 4) is 11.5 Å². The van der Waals surface area contributed by atoms with Gasteiger partial charge >= 0.3 is 0 Å². The minimum absolute atomic E-state index is 0.593. The number of benzene rings is 1. The number of rotatable bonds is 11. The topological polar surface area (TPSA) is 30.5 Å². The Labute approximate surface area is 130 Å². The second-order valence-electron chi connectivity index (χ2n) is 5.39. The van der Waals surface area contributed by atoms with Crippen LogP contribution >= 0.6 is 0 Å². The first-order valence-electron chi connectivity index (χ1n) is 8.28. The summed E-state index contributed by atoms with van der Waals surface area (Å²) in [5.74, 6) is 1.69. The van der Waals surface area contributed by atoms with Gasteiger partial charge in [-0.25, -0.2) is 0 Å². The highest BCUT2D eigenvalue weighted by Gasteiger charge is 2.12. The molecule has 0 bridgehead atoms. The largest absolute Gasteiger partial charge is 0.493 e. The van der Waals surface area contributed by atoms with E-state index in [-0.39, 0.29) is 0 Å². The van der Waals surface area contributed by atoms with Gasteiger partial charge in [0, 0.05) is 18.2 Å². The highest BCUT2D eigenvalue weighted by Crippen LogP contribution is 2.31. The molecule has 0 aromatic heterocycles. The van der Waals surface area contributed by atoms with Gasteiger partial charge in [0.25, 0.3) is 0 Å². The Balaban J connectivity index is 2.69. The van der Waals surface area contributed by atoms with Crippen LogP contribution in [0.2, 0.25) is 0 Å². The number of para-hydroxylation sites is 1. The van der Waals surface area contributed by atoms with Crippen LogP contribution < -0.4 is 14.8 Å². The number of hydrogen-bond donors (Lipinski definition) is 1. The van der Waals surface area contributed by atoms with E-state index in [1.54, 1.807) is 7.11 Å². The van der Waals surface area contributed by atoms with Crippen LogP contribution in [0, 0.1) is 0 Å². The maximum atomic E-state index is 5.63. The molecular formula is C18H31NO2. The highest BCUT2D eigenvalue weighted by molar-refractivity contribution is 5.46. The van der Waals surface area contributed by atoms with Crippen molar-refractivity contribution in [1.82, 2.24) is 5.32 Å². The first kappa shape index (κ1) is 17.8. The van der Waals surface area contributed by atoms with E-state index >= 15 is 0 Å². The van der Waals surface area contributed by atoms with E-state index in [4.69, 9.17) is 9.47 Å². The van der Waals surface area contributed by atoms with Gasteiger partial charge in [0.2, 0.25) is 0 Å². The summed E-state index contributed by atoms with van der Waals surface area (Å²) in [7, 11) is 1.71. The van der Waals surface area contributed by atoms with E-state index in [9.17, 15) is 0 Å². The molecular weight excluding hydrogens is 262 g/mol. The fraction of sp³-hybridized carbons (Fsp3) is 0.667. The maximum Gasteiger partial charge on any atom is 0.165 e. The molecule has 21 heavy (non-hydrogen) atoms. The Morgan fingerprint density at radius 3 is 2.52 bits per heavy atom. The summed E-state index contributed by atoms with van der Waals surface area (Å²) in [6.07, 6.45) is 6.24. The third-order valence-corrected chi connectivity index (χ3v) is 3.69. The van der Waals surface area contributed by atoms with Crippen LogP contribution in [0.4, 0.5) is 0 Å². The van der Waals surface area contributed by atoms with E-state index in [2.05, 4.69) is 25.2 Å². The van der Waals surface area contributed by atoms with Crippen molar-refractivity contribution < 1.29 is 9.47 Å². The summed E-state index contributed by atoms with van der Waals surface area (Å²) < 4.78 is 11.2. The monoisotopic (exact) mass is 293 g/mol. The molecule has 1 unspecified atom stereocenters. The molecule has 0 amide bonds. The SMILES string of the molecule is CCCCC(CCC)NCc1cccc(OCC)c1OC. The Bertz CT molecular complexity index is 393. The lowest BCUT2D eigenvalue weighted by Crippen LogP contribution is -2.28. The predicted octanol–water partition coefficient (Wildman–Crippen LogP) is 4.54. The highest BCUT2D eigenvalue weighted by atomic mass is 16.5. The van der Waals surface area contributed by atoms with E-state index in [1.165, 1.54) is 37.7 Å². The van der Waals surface area contributed by atoms with Crippen LogP contribution in [0.3, 0.4) is 0 Å². The van der Waals surface area contributed by atoms with Gasteiger partial charge in [0.15, 0.2) is 11.5 Å². The van der Waals surface area contributed by atoms with Crippen molar-refractivity contribution in [3.63, 3.8) is 0 Å². The molecule has 0 aliphatic heterocycles. The summed E-state index contributed by atoms with van der Waals surface area (Å²) in [4.78, 5) is 0. The predicted molar refractivity (Wildman–Crippen MR) is 89.2 cm³/mol. The number of nitrogens with one attached hydrogen (secondary N) is 1. The normalized spacial score (nSPS) is 12.2. The van der Waals surface area contributed by atoms with Crippen LogP contribution in [0.25, 0.3) is 0 Å². The molecule has 0 spiro atoms. The number of methoxy groups -OCH3 is 1. The maximum absolute atomic E-state index is 5.63. The van der Waals surface area contributed by atoms with E-state index < -0.39 is 0 Å². The molecule has 0 saturated heterocycles. The van der Waals surface area contributed by atoms with Crippen molar-refractivity contribution in [2.24, 2.45) is 0 Å². The third kappa shape index (κ3) is 5.96. The van der Waals surface area contributed by atoms with Crippen LogP contribution in [0.15, 0.2) is 18.2 Å². The van der Waals surface area contributed by atoms with Crippen molar-refractivity contribution in [1.29, 1.82) is 0 Å². The lowest BCUT2D eigenvalue weighted by atomic mass is 10.0. The molecule has 0 aliphatic carbocycles. The molecule has 120 valence electrons. The zero-order valence-electron chi connectivity index (χ0n) is 14.1. The zero-order chi connectivity index (χ0) is 15.5. The second kappa shape index (κ2) is 10.5. The lowest BCUT2D eigenvalue weighted by molar-refractivity contribution is 0.308. The Morgan fingerprint density at radius 1 is 1.10 bits per heavy atom. The van der Waals surface area contributed by atoms with E-state index in [1.807, 2.05) is 19.1 Å². The van der Waals surface area contributed by atoms with Crippen molar-refractivity contribution >= 4 is 0 Å². The molecule has 0 radical (unpaired) electrons. The molecule has 0 aliphatic rings. The second-order valence-corrected chi connectivity index (χ2v) is 5.39. The lowest BCUT2D eigenvalue weighted by Gasteiger charge is -2.20. The van der Waals surface area contributed by atoms with Gasteiger partial charge in [-0.2, -0.15) is 0 Å². The van der Waals surface area contributed by atoms with Crippen LogP contribution in [-0.4, -0.2) is 19.8 Å². The quantitative estimate of drug-likeness (QED) is 0.649. The summed E-state index contributed by atoms with van der Waals surface area (Å²) >= 11 is 0. The fourth-order valence-corrected chi connectivity index (χ4v) is 2.60. The molecule has 1 aromatic rings. The van der Waals surface area contributed by atoms with Gasteiger partial charge < -0.3 is 14.8 Å². The van der Waals surface area contributed by atoms with Crippen LogP contribution in [0.1, 0.15) is 58.4 Å². The van der Waals surface area contributed by atoms with E-state index in [0.717, 1.165) is 18.0 Å². The van der Waals surface area contributed by atoms with Gasteiger partial charge in [-0.1, -0.05) is 45.2 Å². The van der Waals surface area contributed by atoms with Crippen molar-refractivity contribution in [3.05, 3.63) is 23.8 Å². The molecule has 1 N–H and O–H groups in total. The molecule has 0 heterocycles. The summed E-state index contributed by atoms with van der Waals surface area (Å²) in [6.45, 7) is 7.97. The first-order chi connectivity index (χ1) is 10.3. The average Bonchev–Trinajstić information content (AvgIpc) is 2.50. The molecule has 1 aromatic carbocycles. The van der Waals surface area contributed by atoms with Gasteiger partial charge in [-0.3, -0.25) is 0 Å². The minimum atomic E-state index is 0.593. The molecule has 0 fully saturated rings. The standard InChI is InChI=1S/C18H31NO2/c1-5-8-12-16(10-6-2)19-14-15-11-9-13-17(21-7-3)18(15)20-4/h9,11,13,16,19H,5-8,10,12,14H2,1-4H3. The zero-order valence-corrected chi connectivity index (χ0v) is 14.1. The van der Waals surface area contributed by atoms with Gasteiger partial charge in [-0.05, 0) is 25.8 Å². The molecule has 1 atom stereocenters. The smallest absolute Gasteiger partial charge is 0.165 e. The Kier molecular flexibility index (Phi) is 8.91. The van der Waals surface area contributed by atoms with Gasteiger partial charge in [0.05, 0.1) is 13.7 Å². The average molecular weight is 293 g/mol. The number of ether oxygens (including phenoxy) is 2. The van der Waals surface area contributed by atoms with Gasteiger partial charge in [0.1, 0.15) is 0 Å². The fourth-order valence-electron chi connectivity index (χ4n) is 2.60. The first-order valence-corrected chi connectivity index (χ1v) is 8.28. The molecule has 3 nitrogen and oxygen atoms in total. The molecule has 0 saturated carbocycles. The van der Waals surface area contributed by atoms with E-state index in [0.29, 0.717) is 12.6 Å². The summed E-state index contributed by atoms with van der Waals surface area (Å²) in [6, 6.07) is 6.70. The van der Waals surface area contributed by atoms with Gasteiger partial charge in [-0.15, -0.1) is 0 Å². The van der Waals surface area contributed by atoms with Crippen molar-refractivity contribution in [2.45, 2.75) is 65.5 Å². The third-order valence-electron chi connectivity index (χ3n) is 3.69. The Hall–Kier alpha value is -1.22. The van der Waals surface area contributed by atoms with Crippen LogP contribution in [0.5, 0.6) is 11.5 Å². The Morgan fingerprint density at radius 2 is 1.90 bits per heavy atom. The number of unbranched alkanes of at least 4 members (excludes halogenated alkanes) is 1. The van der Waals surface area contributed by atoms with Crippen LogP contribution in [-0.2, 0) is 6.54 Å². The summed E-state index contributed by atoms with van der Waals surface area (Å²) in [5.41, 5.74) is 1.17.